The van der Waals surface area contributed by atoms with Crippen LogP contribution in [0, 0.1) is 0 Å². The minimum absolute atomic E-state index is 0.0512. The summed E-state index contributed by atoms with van der Waals surface area (Å²) in [5, 5.41) is 2.77. The van der Waals surface area contributed by atoms with Crippen LogP contribution in [0.25, 0.3) is 0 Å². The molecule has 0 aliphatic rings. The molecule has 0 aromatic rings. The number of carbonyl (C=O) groups is 1. The summed E-state index contributed by atoms with van der Waals surface area (Å²) < 4.78 is 0. The van der Waals surface area contributed by atoms with Gasteiger partial charge < -0.3 is 5.32 Å². The van der Waals surface area contributed by atoms with Gasteiger partial charge in [-0.05, 0) is 25.8 Å². The Balaban J connectivity index is 3.68. The Hall–Kier alpha value is -1.01. The topological polar surface area (TPSA) is 29.1 Å². The Kier molecular flexibility index (Phi) is 6.12. The fourth-order valence-corrected chi connectivity index (χ4v) is 0.649. The summed E-state index contributed by atoms with van der Waals surface area (Å²) >= 11 is 0. The van der Waals surface area contributed by atoms with Gasteiger partial charge in [-0.3, -0.25) is 4.79 Å². The molecule has 0 saturated heterocycles. The van der Waals surface area contributed by atoms with Crippen molar-refractivity contribution < 1.29 is 4.79 Å². The van der Waals surface area contributed by atoms with Gasteiger partial charge in [0.15, 0.2) is 0 Å². The van der Waals surface area contributed by atoms with E-state index in [9.17, 15) is 4.79 Å². The Bertz CT molecular complexity index is 196. The SMILES string of the molecule is CCCCNC(=O)C=C=C(C)C. The van der Waals surface area contributed by atoms with Crippen LogP contribution in [0.15, 0.2) is 17.4 Å². The van der Waals surface area contributed by atoms with Crippen LogP contribution in [0.5, 0.6) is 0 Å². The lowest BCUT2D eigenvalue weighted by atomic mass is 10.3. The largest absolute Gasteiger partial charge is 0.352 e. The summed E-state index contributed by atoms with van der Waals surface area (Å²) in [6.07, 6.45) is 3.59. The molecule has 68 valence electrons. The van der Waals surface area contributed by atoms with Crippen molar-refractivity contribution in [2.45, 2.75) is 33.6 Å². The van der Waals surface area contributed by atoms with Crippen molar-refractivity contribution in [1.82, 2.24) is 5.32 Å². The molecule has 0 aliphatic heterocycles. The van der Waals surface area contributed by atoms with Crippen LogP contribution in [-0.2, 0) is 4.79 Å². The molecule has 0 bridgehead atoms. The van der Waals surface area contributed by atoms with Crippen LogP contribution >= 0.6 is 0 Å². The lowest BCUT2D eigenvalue weighted by Gasteiger charge is -1.97. The van der Waals surface area contributed by atoms with E-state index in [0.717, 1.165) is 25.0 Å². The number of amides is 1. The van der Waals surface area contributed by atoms with Gasteiger partial charge in [-0.2, -0.15) is 0 Å². The van der Waals surface area contributed by atoms with Gasteiger partial charge in [-0.25, -0.2) is 0 Å². The average Bonchev–Trinajstić information content (AvgIpc) is 2.01. The molecule has 0 heterocycles. The molecule has 0 spiro atoms. The quantitative estimate of drug-likeness (QED) is 0.387. The van der Waals surface area contributed by atoms with Gasteiger partial charge >= 0.3 is 0 Å². The standard InChI is InChI=1S/C10H17NO/c1-4-5-8-11-10(12)7-6-9(2)3/h7H,4-5,8H2,1-3H3,(H,11,12). The van der Waals surface area contributed by atoms with E-state index in [1.165, 1.54) is 6.08 Å². The highest BCUT2D eigenvalue weighted by molar-refractivity contribution is 5.87. The maximum absolute atomic E-state index is 11.0. The van der Waals surface area contributed by atoms with Gasteiger partial charge in [0.05, 0.1) is 0 Å². The van der Waals surface area contributed by atoms with Crippen LogP contribution < -0.4 is 5.32 Å². The van der Waals surface area contributed by atoms with Crippen molar-refractivity contribution in [1.29, 1.82) is 0 Å². The van der Waals surface area contributed by atoms with Crippen molar-refractivity contribution in [2.75, 3.05) is 6.54 Å². The molecular weight excluding hydrogens is 150 g/mol. The lowest BCUT2D eigenvalue weighted by molar-refractivity contribution is -0.116. The van der Waals surface area contributed by atoms with Crippen molar-refractivity contribution in [2.24, 2.45) is 0 Å². The monoisotopic (exact) mass is 167 g/mol. The predicted octanol–water partition coefficient (Wildman–Crippen LogP) is 2.02. The van der Waals surface area contributed by atoms with Gasteiger partial charge in [0.25, 0.3) is 5.91 Å². The van der Waals surface area contributed by atoms with E-state index in [2.05, 4.69) is 18.0 Å². The molecule has 2 heteroatoms. The Morgan fingerprint density at radius 1 is 1.50 bits per heavy atom. The van der Waals surface area contributed by atoms with Crippen LogP contribution in [0.3, 0.4) is 0 Å². The molecule has 0 rings (SSSR count). The molecule has 0 radical (unpaired) electrons. The normalized spacial score (nSPS) is 8.58. The smallest absolute Gasteiger partial charge is 0.251 e. The number of hydrogen-bond acceptors (Lipinski definition) is 1. The minimum atomic E-state index is -0.0512. The molecular formula is C10H17NO. The molecule has 0 saturated carbocycles. The van der Waals surface area contributed by atoms with Gasteiger partial charge in [-0.1, -0.05) is 13.3 Å². The molecule has 2 nitrogen and oxygen atoms in total. The first-order valence-electron chi connectivity index (χ1n) is 4.34. The predicted molar refractivity (Wildman–Crippen MR) is 50.9 cm³/mol. The zero-order valence-corrected chi connectivity index (χ0v) is 8.11. The van der Waals surface area contributed by atoms with Crippen LogP contribution in [0.1, 0.15) is 33.6 Å². The second kappa shape index (κ2) is 6.68. The lowest BCUT2D eigenvalue weighted by Crippen LogP contribution is -2.21. The zero-order valence-electron chi connectivity index (χ0n) is 8.11. The first-order valence-corrected chi connectivity index (χ1v) is 4.34. The molecule has 1 amide bonds. The highest BCUT2D eigenvalue weighted by atomic mass is 16.1. The highest BCUT2D eigenvalue weighted by Crippen LogP contribution is 1.84. The van der Waals surface area contributed by atoms with Gasteiger partial charge in [0, 0.05) is 12.6 Å². The van der Waals surface area contributed by atoms with Gasteiger partial charge in [-0.15, -0.1) is 5.73 Å². The maximum Gasteiger partial charge on any atom is 0.251 e. The van der Waals surface area contributed by atoms with Gasteiger partial charge in [0.1, 0.15) is 0 Å². The summed E-state index contributed by atoms with van der Waals surface area (Å²) in [6, 6.07) is 0. The van der Waals surface area contributed by atoms with E-state index in [0.29, 0.717) is 0 Å². The van der Waals surface area contributed by atoms with Crippen molar-refractivity contribution in [3.05, 3.63) is 17.4 Å². The zero-order chi connectivity index (χ0) is 9.40. The molecule has 0 fully saturated rings. The number of carbonyl (C=O) groups excluding carboxylic acids is 1. The van der Waals surface area contributed by atoms with E-state index in [4.69, 9.17) is 0 Å². The summed E-state index contributed by atoms with van der Waals surface area (Å²) in [4.78, 5) is 11.0. The Labute approximate surface area is 74.4 Å². The first-order chi connectivity index (χ1) is 5.66. The van der Waals surface area contributed by atoms with E-state index in [1.807, 2.05) is 13.8 Å². The average molecular weight is 167 g/mol. The molecule has 0 atom stereocenters. The summed E-state index contributed by atoms with van der Waals surface area (Å²) in [5.41, 5.74) is 3.87. The highest BCUT2D eigenvalue weighted by Gasteiger charge is 1.91. The van der Waals surface area contributed by atoms with Gasteiger partial charge in [0.2, 0.25) is 0 Å². The second-order valence-electron chi connectivity index (χ2n) is 2.93. The number of nitrogens with one attached hydrogen (secondary N) is 1. The van der Waals surface area contributed by atoms with E-state index < -0.39 is 0 Å². The number of unbranched alkanes of at least 4 members (excludes halogenated alkanes) is 1. The minimum Gasteiger partial charge on any atom is -0.352 e. The second-order valence-corrected chi connectivity index (χ2v) is 2.93. The third kappa shape index (κ3) is 7.10. The molecule has 1 N–H and O–H groups in total. The van der Waals surface area contributed by atoms with Crippen molar-refractivity contribution in [3.63, 3.8) is 0 Å². The molecule has 0 unspecified atom stereocenters. The number of hydrogen-bond donors (Lipinski definition) is 1. The fourth-order valence-electron chi connectivity index (χ4n) is 0.649. The first kappa shape index (κ1) is 11.0. The summed E-state index contributed by atoms with van der Waals surface area (Å²) in [5.74, 6) is -0.0512. The molecule has 0 aromatic heterocycles. The molecule has 0 aromatic carbocycles. The Morgan fingerprint density at radius 2 is 2.17 bits per heavy atom. The third-order valence-corrected chi connectivity index (χ3v) is 1.32. The Morgan fingerprint density at radius 3 is 2.67 bits per heavy atom. The van der Waals surface area contributed by atoms with Crippen LogP contribution in [-0.4, -0.2) is 12.5 Å². The summed E-state index contributed by atoms with van der Waals surface area (Å²) in [6.45, 7) is 6.68. The summed E-state index contributed by atoms with van der Waals surface area (Å²) in [7, 11) is 0. The molecule has 12 heavy (non-hydrogen) atoms. The van der Waals surface area contributed by atoms with Crippen molar-refractivity contribution in [3.8, 4) is 0 Å². The van der Waals surface area contributed by atoms with Crippen LogP contribution in [0.4, 0.5) is 0 Å². The maximum atomic E-state index is 11.0. The number of rotatable bonds is 4. The van der Waals surface area contributed by atoms with Crippen molar-refractivity contribution >= 4 is 5.91 Å². The van der Waals surface area contributed by atoms with Crippen LogP contribution in [0.2, 0.25) is 0 Å². The van der Waals surface area contributed by atoms with E-state index in [-0.39, 0.29) is 5.91 Å². The third-order valence-electron chi connectivity index (χ3n) is 1.32. The molecule has 0 aliphatic carbocycles. The van der Waals surface area contributed by atoms with E-state index in [1.54, 1.807) is 0 Å². The fraction of sp³-hybridized carbons (Fsp3) is 0.600. The van der Waals surface area contributed by atoms with E-state index >= 15 is 0 Å².